The van der Waals surface area contributed by atoms with E-state index in [0.29, 0.717) is 6.54 Å². The summed E-state index contributed by atoms with van der Waals surface area (Å²) in [5, 5.41) is 3.29. The van der Waals surface area contributed by atoms with Gasteiger partial charge in [0.25, 0.3) is 0 Å². The normalized spacial score (nSPS) is 18.1. The Morgan fingerprint density at radius 1 is 1.33 bits per heavy atom. The van der Waals surface area contributed by atoms with Gasteiger partial charge in [-0.05, 0) is 32.7 Å². The van der Waals surface area contributed by atoms with Gasteiger partial charge in [0, 0.05) is 12.1 Å². The topological polar surface area (TPSA) is 58.2 Å². The third-order valence-corrected chi connectivity index (χ3v) is 3.38. The Balaban J connectivity index is 2.16. The molecule has 1 rings (SSSR count). The van der Waals surface area contributed by atoms with Crippen molar-refractivity contribution in [1.29, 1.82) is 0 Å². The fraction of sp³-hybridized carbons (Fsp3) is 1.00. The highest BCUT2D eigenvalue weighted by Gasteiger charge is 2.23. The zero-order valence-electron chi connectivity index (χ0n) is 9.84. The highest BCUT2D eigenvalue weighted by atomic mass is 32.2. The van der Waals surface area contributed by atoms with E-state index >= 15 is 0 Å². The molecule has 90 valence electrons. The third-order valence-electron chi connectivity index (χ3n) is 2.45. The van der Waals surface area contributed by atoms with Gasteiger partial charge >= 0.3 is 0 Å². The molecule has 0 unspecified atom stereocenters. The molecule has 1 fully saturated rings. The molecule has 0 aliphatic heterocycles. The Hall–Kier alpha value is -0.130. The van der Waals surface area contributed by atoms with Crippen LogP contribution in [0.3, 0.4) is 0 Å². The first-order chi connectivity index (χ1) is 6.79. The molecule has 0 aromatic carbocycles. The summed E-state index contributed by atoms with van der Waals surface area (Å²) in [5.41, 5.74) is -0.406. The molecule has 0 spiro atoms. The maximum atomic E-state index is 11.1. The van der Waals surface area contributed by atoms with Crippen LogP contribution >= 0.6 is 0 Å². The van der Waals surface area contributed by atoms with Crippen molar-refractivity contribution in [2.45, 2.75) is 38.6 Å². The van der Waals surface area contributed by atoms with Gasteiger partial charge in [-0.2, -0.15) is 0 Å². The van der Waals surface area contributed by atoms with Gasteiger partial charge in [-0.15, -0.1) is 0 Å². The van der Waals surface area contributed by atoms with E-state index in [0.717, 1.165) is 12.5 Å². The van der Waals surface area contributed by atoms with Gasteiger partial charge in [0.15, 0.2) is 0 Å². The van der Waals surface area contributed by atoms with Gasteiger partial charge in [0.1, 0.15) is 0 Å². The van der Waals surface area contributed by atoms with Crippen molar-refractivity contribution in [2.75, 3.05) is 19.3 Å². The Labute approximate surface area is 92.9 Å². The van der Waals surface area contributed by atoms with Gasteiger partial charge in [-0.1, -0.05) is 12.8 Å². The smallest absolute Gasteiger partial charge is 0.209 e. The molecule has 1 saturated carbocycles. The van der Waals surface area contributed by atoms with Crippen molar-refractivity contribution in [3.05, 3.63) is 0 Å². The second-order valence-electron chi connectivity index (χ2n) is 5.17. The van der Waals surface area contributed by atoms with Crippen LogP contribution in [0, 0.1) is 5.92 Å². The molecule has 0 amide bonds. The molecule has 0 bridgehead atoms. The van der Waals surface area contributed by atoms with E-state index in [2.05, 4.69) is 10.0 Å². The minimum Gasteiger partial charge on any atom is -0.315 e. The van der Waals surface area contributed by atoms with Gasteiger partial charge < -0.3 is 5.32 Å². The van der Waals surface area contributed by atoms with E-state index in [1.807, 2.05) is 13.8 Å². The van der Waals surface area contributed by atoms with Crippen LogP contribution in [0.5, 0.6) is 0 Å². The Morgan fingerprint density at radius 3 is 2.40 bits per heavy atom. The first-order valence-electron chi connectivity index (χ1n) is 5.48. The van der Waals surface area contributed by atoms with E-state index < -0.39 is 15.6 Å². The van der Waals surface area contributed by atoms with Crippen LogP contribution in [0.4, 0.5) is 0 Å². The summed E-state index contributed by atoms with van der Waals surface area (Å²) < 4.78 is 24.7. The lowest BCUT2D eigenvalue weighted by molar-refractivity contribution is 0.417. The van der Waals surface area contributed by atoms with Crippen molar-refractivity contribution in [3.63, 3.8) is 0 Å². The SMILES string of the molecule is CC(C)(CNCCC1CC1)NS(C)(=O)=O. The highest BCUT2D eigenvalue weighted by molar-refractivity contribution is 7.88. The molecule has 0 radical (unpaired) electrons. The van der Waals surface area contributed by atoms with E-state index in [9.17, 15) is 8.42 Å². The number of hydrogen-bond donors (Lipinski definition) is 2. The van der Waals surface area contributed by atoms with Crippen molar-refractivity contribution in [2.24, 2.45) is 5.92 Å². The summed E-state index contributed by atoms with van der Waals surface area (Å²) in [6.07, 6.45) is 5.15. The van der Waals surface area contributed by atoms with Gasteiger partial charge in [-0.3, -0.25) is 0 Å². The first-order valence-corrected chi connectivity index (χ1v) is 7.37. The van der Waals surface area contributed by atoms with Crippen LogP contribution in [-0.4, -0.2) is 33.3 Å². The molecular weight excluding hydrogens is 212 g/mol. The van der Waals surface area contributed by atoms with Gasteiger partial charge in [0.2, 0.25) is 10.0 Å². The summed E-state index contributed by atoms with van der Waals surface area (Å²) in [7, 11) is -3.11. The summed E-state index contributed by atoms with van der Waals surface area (Å²) in [5.74, 6) is 0.920. The van der Waals surface area contributed by atoms with E-state index in [1.165, 1.54) is 25.5 Å². The predicted octanol–water partition coefficient (Wildman–Crippen LogP) is 0.704. The second kappa shape index (κ2) is 4.80. The Morgan fingerprint density at radius 2 is 1.93 bits per heavy atom. The molecule has 4 nitrogen and oxygen atoms in total. The molecule has 0 heterocycles. The fourth-order valence-electron chi connectivity index (χ4n) is 1.65. The quantitative estimate of drug-likeness (QED) is 0.638. The van der Waals surface area contributed by atoms with Crippen LogP contribution in [0.25, 0.3) is 0 Å². The minimum absolute atomic E-state index is 0.406. The standard InChI is InChI=1S/C10H22N2O2S/c1-10(2,12-15(3,13)14)8-11-7-6-9-4-5-9/h9,11-12H,4-8H2,1-3H3. The molecule has 2 N–H and O–H groups in total. The van der Waals surface area contributed by atoms with Crippen molar-refractivity contribution >= 4 is 10.0 Å². The van der Waals surface area contributed by atoms with Crippen molar-refractivity contribution in [3.8, 4) is 0 Å². The van der Waals surface area contributed by atoms with E-state index in [1.54, 1.807) is 0 Å². The number of nitrogens with one attached hydrogen (secondary N) is 2. The fourth-order valence-corrected chi connectivity index (χ4v) is 2.73. The van der Waals surface area contributed by atoms with Crippen LogP contribution in [-0.2, 0) is 10.0 Å². The molecule has 15 heavy (non-hydrogen) atoms. The van der Waals surface area contributed by atoms with Gasteiger partial charge in [0.05, 0.1) is 6.26 Å². The van der Waals surface area contributed by atoms with Crippen molar-refractivity contribution < 1.29 is 8.42 Å². The molecule has 5 heteroatoms. The van der Waals surface area contributed by atoms with Crippen molar-refractivity contribution in [1.82, 2.24) is 10.0 Å². The largest absolute Gasteiger partial charge is 0.315 e. The highest BCUT2D eigenvalue weighted by Crippen LogP contribution is 2.31. The molecule has 0 saturated heterocycles. The molecule has 1 aliphatic rings. The maximum absolute atomic E-state index is 11.1. The summed E-state index contributed by atoms with van der Waals surface area (Å²) >= 11 is 0. The lowest BCUT2D eigenvalue weighted by Gasteiger charge is -2.25. The van der Waals surface area contributed by atoms with Crippen LogP contribution in [0.2, 0.25) is 0 Å². The lowest BCUT2D eigenvalue weighted by Crippen LogP contribution is -2.50. The van der Waals surface area contributed by atoms with Gasteiger partial charge in [-0.25, -0.2) is 13.1 Å². The maximum Gasteiger partial charge on any atom is 0.209 e. The molecule has 0 aromatic rings. The zero-order valence-corrected chi connectivity index (χ0v) is 10.7. The molecular formula is C10H22N2O2S. The second-order valence-corrected chi connectivity index (χ2v) is 6.92. The molecule has 1 aliphatic carbocycles. The monoisotopic (exact) mass is 234 g/mol. The number of rotatable bonds is 7. The lowest BCUT2D eigenvalue weighted by atomic mass is 10.1. The summed E-state index contributed by atoms with van der Waals surface area (Å²) in [6.45, 7) is 5.43. The Kier molecular flexibility index (Phi) is 4.14. The minimum atomic E-state index is -3.11. The van der Waals surface area contributed by atoms with E-state index in [-0.39, 0.29) is 0 Å². The van der Waals surface area contributed by atoms with E-state index in [4.69, 9.17) is 0 Å². The average molecular weight is 234 g/mol. The molecule has 0 atom stereocenters. The number of hydrogen-bond acceptors (Lipinski definition) is 3. The van der Waals surface area contributed by atoms with Crippen LogP contribution in [0.1, 0.15) is 33.1 Å². The summed E-state index contributed by atoms with van der Waals surface area (Å²) in [4.78, 5) is 0. The average Bonchev–Trinajstić information content (AvgIpc) is 2.76. The third kappa shape index (κ3) is 6.87. The summed E-state index contributed by atoms with van der Waals surface area (Å²) in [6, 6.07) is 0. The number of sulfonamides is 1. The Bertz CT molecular complexity index is 295. The predicted molar refractivity (Wildman–Crippen MR) is 62.3 cm³/mol. The van der Waals surface area contributed by atoms with Crippen LogP contribution in [0.15, 0.2) is 0 Å². The molecule has 0 aromatic heterocycles. The first kappa shape index (κ1) is 12.9. The van der Waals surface area contributed by atoms with Crippen LogP contribution < -0.4 is 10.0 Å². The zero-order chi connectivity index (χ0) is 11.5.